The van der Waals surface area contributed by atoms with E-state index in [1.54, 1.807) is 12.3 Å². The zero-order valence-corrected chi connectivity index (χ0v) is 19.9. The van der Waals surface area contributed by atoms with E-state index in [2.05, 4.69) is 35.4 Å². The number of hydrogen-bond acceptors (Lipinski definition) is 9. The molecule has 1 fully saturated rings. The van der Waals surface area contributed by atoms with Crippen molar-refractivity contribution >= 4 is 34.1 Å². The minimum absolute atomic E-state index is 0.333. The van der Waals surface area contributed by atoms with Crippen LogP contribution in [0.1, 0.15) is 12.1 Å². The number of aromatic amines is 1. The molecule has 3 aromatic heterocycles. The van der Waals surface area contributed by atoms with Crippen molar-refractivity contribution in [2.24, 2.45) is 0 Å². The van der Waals surface area contributed by atoms with Crippen LogP contribution >= 0.6 is 11.6 Å². The van der Waals surface area contributed by atoms with Gasteiger partial charge in [-0.05, 0) is 36.8 Å². The van der Waals surface area contributed by atoms with Crippen LogP contribution in [0.3, 0.4) is 0 Å². The topological polar surface area (TPSA) is 110 Å². The zero-order chi connectivity index (χ0) is 23.9. The van der Waals surface area contributed by atoms with E-state index in [0.717, 1.165) is 50.7 Å². The Morgan fingerprint density at radius 3 is 2.94 bits per heavy atom. The van der Waals surface area contributed by atoms with Gasteiger partial charge >= 0.3 is 0 Å². The molecule has 0 saturated carbocycles. The van der Waals surface area contributed by atoms with Crippen molar-refractivity contribution in [2.45, 2.75) is 13.0 Å². The number of pyridine rings is 1. The third-order valence-electron chi connectivity index (χ3n) is 5.58. The molecule has 11 heteroatoms. The van der Waals surface area contributed by atoms with Gasteiger partial charge in [0.2, 0.25) is 5.88 Å². The van der Waals surface area contributed by atoms with E-state index in [1.807, 2.05) is 30.3 Å². The highest BCUT2D eigenvalue weighted by molar-refractivity contribution is 6.32. The summed E-state index contributed by atoms with van der Waals surface area (Å²) in [5, 5.41) is 11.7. The van der Waals surface area contributed by atoms with Crippen LogP contribution in [-0.4, -0.2) is 69.5 Å². The third kappa shape index (κ3) is 5.97. The number of aromatic nitrogens is 5. The average Bonchev–Trinajstić information content (AvgIpc) is 3.11. The molecule has 182 valence electrons. The predicted octanol–water partition coefficient (Wildman–Crippen LogP) is 3.83. The van der Waals surface area contributed by atoms with Crippen LogP contribution in [0.2, 0.25) is 5.02 Å². The predicted molar refractivity (Wildman–Crippen MR) is 132 cm³/mol. The van der Waals surface area contributed by atoms with Crippen LogP contribution in [0.4, 0.5) is 11.5 Å². The third-order valence-corrected chi connectivity index (χ3v) is 5.88. The van der Waals surface area contributed by atoms with E-state index in [0.29, 0.717) is 46.7 Å². The molecule has 0 bridgehead atoms. The lowest BCUT2D eigenvalue weighted by Crippen LogP contribution is -2.30. The molecule has 0 spiro atoms. The maximum absolute atomic E-state index is 6.47. The fourth-order valence-corrected chi connectivity index (χ4v) is 4.03. The molecule has 10 nitrogen and oxygen atoms in total. The van der Waals surface area contributed by atoms with Crippen molar-refractivity contribution in [1.82, 2.24) is 30.0 Å². The van der Waals surface area contributed by atoms with Crippen LogP contribution < -0.4 is 14.8 Å². The van der Waals surface area contributed by atoms with Crippen LogP contribution in [0.15, 0.2) is 48.9 Å². The molecule has 2 N–H and O–H groups in total. The lowest BCUT2D eigenvalue weighted by atomic mass is 10.3. The van der Waals surface area contributed by atoms with Gasteiger partial charge in [0.15, 0.2) is 5.65 Å². The van der Waals surface area contributed by atoms with Gasteiger partial charge in [-0.1, -0.05) is 17.7 Å². The molecule has 0 aliphatic carbocycles. The Bertz CT molecular complexity index is 1250. The van der Waals surface area contributed by atoms with Gasteiger partial charge in [0, 0.05) is 38.1 Å². The molecule has 0 radical (unpaired) electrons. The molecule has 1 saturated heterocycles. The Morgan fingerprint density at radius 2 is 2.06 bits per heavy atom. The smallest absolute Gasteiger partial charge is 0.246 e. The highest BCUT2D eigenvalue weighted by Gasteiger charge is 2.16. The zero-order valence-electron chi connectivity index (χ0n) is 19.1. The van der Waals surface area contributed by atoms with E-state index in [4.69, 9.17) is 25.8 Å². The SMILES string of the molecule is Clc1cc(Nc2ncnc3[nH]nc(OCCN4CCCOCC4)c23)ccc1OCc1ccccn1. The van der Waals surface area contributed by atoms with Crippen molar-refractivity contribution in [2.75, 3.05) is 44.8 Å². The molecule has 1 aliphatic rings. The summed E-state index contributed by atoms with van der Waals surface area (Å²) >= 11 is 6.47. The summed E-state index contributed by atoms with van der Waals surface area (Å²) < 4.78 is 17.3. The first kappa shape index (κ1) is 23.3. The van der Waals surface area contributed by atoms with E-state index < -0.39 is 0 Å². The number of fused-ring (bicyclic) bond motifs is 1. The number of H-pyrrole nitrogens is 1. The molecule has 1 aromatic carbocycles. The fraction of sp³-hybridized carbons (Fsp3) is 0.333. The van der Waals surface area contributed by atoms with Gasteiger partial charge in [-0.25, -0.2) is 9.97 Å². The maximum Gasteiger partial charge on any atom is 0.246 e. The van der Waals surface area contributed by atoms with Crippen LogP contribution in [0, 0.1) is 0 Å². The number of nitrogens with one attached hydrogen (secondary N) is 2. The summed E-state index contributed by atoms with van der Waals surface area (Å²) in [6.45, 7) is 5.11. The second kappa shape index (κ2) is 11.3. The van der Waals surface area contributed by atoms with E-state index >= 15 is 0 Å². The first-order valence-corrected chi connectivity index (χ1v) is 11.9. The lowest BCUT2D eigenvalue weighted by Gasteiger charge is -2.18. The van der Waals surface area contributed by atoms with Gasteiger partial charge in [0.1, 0.15) is 36.5 Å². The first-order chi connectivity index (χ1) is 17.3. The Labute approximate surface area is 207 Å². The molecule has 1 aliphatic heterocycles. The second-order valence-corrected chi connectivity index (χ2v) is 8.42. The summed E-state index contributed by atoms with van der Waals surface area (Å²) in [5.41, 5.74) is 2.16. The molecule has 0 unspecified atom stereocenters. The van der Waals surface area contributed by atoms with Crippen molar-refractivity contribution < 1.29 is 14.2 Å². The van der Waals surface area contributed by atoms with Gasteiger partial charge < -0.3 is 19.5 Å². The number of nitrogens with zero attached hydrogens (tertiary/aromatic N) is 5. The lowest BCUT2D eigenvalue weighted by molar-refractivity contribution is 0.137. The Kier molecular flexibility index (Phi) is 7.52. The number of hydrogen-bond donors (Lipinski definition) is 2. The van der Waals surface area contributed by atoms with Gasteiger partial charge in [0.05, 0.1) is 17.3 Å². The molecule has 4 aromatic rings. The number of ether oxygens (including phenoxy) is 3. The molecule has 0 atom stereocenters. The van der Waals surface area contributed by atoms with Crippen molar-refractivity contribution in [1.29, 1.82) is 0 Å². The van der Waals surface area contributed by atoms with Gasteiger partial charge in [-0.15, -0.1) is 5.10 Å². The molecule has 0 amide bonds. The summed E-state index contributed by atoms with van der Waals surface area (Å²) in [6.07, 6.45) is 4.23. The quantitative estimate of drug-likeness (QED) is 0.358. The summed E-state index contributed by atoms with van der Waals surface area (Å²) in [7, 11) is 0. The second-order valence-electron chi connectivity index (χ2n) is 8.01. The molecular weight excluding hydrogens is 470 g/mol. The summed E-state index contributed by atoms with van der Waals surface area (Å²) in [6, 6.07) is 11.1. The van der Waals surface area contributed by atoms with Crippen molar-refractivity contribution in [3.8, 4) is 11.6 Å². The number of anilines is 2. The Morgan fingerprint density at radius 1 is 1.09 bits per heavy atom. The van der Waals surface area contributed by atoms with Crippen LogP contribution in [-0.2, 0) is 11.3 Å². The Balaban J connectivity index is 1.25. The van der Waals surface area contributed by atoms with E-state index in [1.165, 1.54) is 6.33 Å². The molecular formula is C24H26ClN7O3. The Hall–Kier alpha value is -3.47. The highest BCUT2D eigenvalue weighted by atomic mass is 35.5. The molecule has 5 rings (SSSR count). The van der Waals surface area contributed by atoms with Gasteiger partial charge in [-0.2, -0.15) is 0 Å². The summed E-state index contributed by atoms with van der Waals surface area (Å²) in [5.74, 6) is 1.60. The van der Waals surface area contributed by atoms with E-state index in [-0.39, 0.29) is 0 Å². The largest absolute Gasteiger partial charge is 0.486 e. The minimum atomic E-state index is 0.333. The van der Waals surface area contributed by atoms with Crippen molar-refractivity contribution in [3.05, 3.63) is 59.6 Å². The van der Waals surface area contributed by atoms with Crippen LogP contribution in [0.5, 0.6) is 11.6 Å². The summed E-state index contributed by atoms with van der Waals surface area (Å²) in [4.78, 5) is 15.3. The first-order valence-electron chi connectivity index (χ1n) is 11.5. The fourth-order valence-electron chi connectivity index (χ4n) is 3.79. The standard InChI is InChI=1S/C24H26ClN7O3/c25-19-14-17(5-6-20(19)35-15-18-4-1-2-7-26-18)29-22-21-23(28-16-27-22)30-31-24(21)34-13-10-32-8-3-11-33-12-9-32/h1-2,4-7,14,16H,3,8-13,15H2,(H2,27,28,29,30,31). The van der Waals surface area contributed by atoms with Crippen molar-refractivity contribution in [3.63, 3.8) is 0 Å². The molecule has 35 heavy (non-hydrogen) atoms. The molecule has 4 heterocycles. The number of halogens is 1. The van der Waals surface area contributed by atoms with Gasteiger partial charge in [0.25, 0.3) is 0 Å². The van der Waals surface area contributed by atoms with Gasteiger partial charge in [-0.3, -0.25) is 15.0 Å². The van der Waals surface area contributed by atoms with E-state index in [9.17, 15) is 0 Å². The average molecular weight is 496 g/mol. The maximum atomic E-state index is 6.47. The highest BCUT2D eigenvalue weighted by Crippen LogP contribution is 2.33. The normalized spacial score (nSPS) is 14.5. The monoisotopic (exact) mass is 495 g/mol. The minimum Gasteiger partial charge on any atom is -0.486 e. The number of benzene rings is 1. The number of rotatable bonds is 9. The van der Waals surface area contributed by atoms with Crippen LogP contribution in [0.25, 0.3) is 11.0 Å².